The molecule has 1 unspecified atom stereocenters. The second kappa shape index (κ2) is 5.57. The number of carboxylic acids is 1. The lowest BCUT2D eigenvalue weighted by molar-refractivity contribution is -0.138. The van der Waals surface area contributed by atoms with Gasteiger partial charge in [0.25, 0.3) is 0 Å². The molecule has 0 bridgehead atoms. The predicted molar refractivity (Wildman–Crippen MR) is 67.8 cm³/mol. The van der Waals surface area contributed by atoms with E-state index in [2.05, 4.69) is 0 Å². The monoisotopic (exact) mass is 237 g/mol. The third-order valence-electron chi connectivity index (χ3n) is 2.80. The molecule has 1 aromatic carbocycles. The highest BCUT2D eigenvalue weighted by Crippen LogP contribution is 2.24. The molecule has 0 saturated heterocycles. The minimum absolute atomic E-state index is 0.549. The van der Waals surface area contributed by atoms with Crippen molar-refractivity contribution in [2.24, 2.45) is 0 Å². The van der Waals surface area contributed by atoms with Crippen molar-refractivity contribution in [3.8, 4) is 5.75 Å². The van der Waals surface area contributed by atoms with Crippen molar-refractivity contribution in [2.45, 2.75) is 26.8 Å². The summed E-state index contributed by atoms with van der Waals surface area (Å²) in [5.41, 5.74) is 1.88. The van der Waals surface area contributed by atoms with Gasteiger partial charge in [-0.15, -0.1) is 0 Å². The Morgan fingerprint density at radius 3 is 2.65 bits per heavy atom. The quantitative estimate of drug-likeness (QED) is 0.853. The number of likely N-dealkylation sites (N-methyl/N-ethyl adjacent to an activating group) is 1. The minimum Gasteiger partial charge on any atom is -0.494 e. The van der Waals surface area contributed by atoms with E-state index >= 15 is 0 Å². The van der Waals surface area contributed by atoms with Gasteiger partial charge in [-0.2, -0.15) is 0 Å². The van der Waals surface area contributed by atoms with Crippen LogP contribution in [-0.4, -0.2) is 30.8 Å². The Morgan fingerprint density at radius 1 is 1.53 bits per heavy atom. The van der Waals surface area contributed by atoms with Crippen LogP contribution in [0.25, 0.3) is 0 Å². The van der Waals surface area contributed by atoms with Crippen molar-refractivity contribution < 1.29 is 14.6 Å². The zero-order valence-electron chi connectivity index (χ0n) is 10.7. The van der Waals surface area contributed by atoms with Crippen LogP contribution >= 0.6 is 0 Å². The number of carbonyl (C=O) groups is 1. The standard InChI is InChI=1S/C13H19NO3/c1-5-17-12-7-6-11(8-9(12)2)14(4)10(3)13(15)16/h6-8,10H,5H2,1-4H3,(H,15,16). The van der Waals surface area contributed by atoms with Crippen molar-refractivity contribution in [3.05, 3.63) is 23.8 Å². The number of ether oxygens (including phenoxy) is 1. The van der Waals surface area contributed by atoms with Crippen LogP contribution in [0.5, 0.6) is 5.75 Å². The first-order chi connectivity index (χ1) is 7.97. The summed E-state index contributed by atoms with van der Waals surface area (Å²) in [6.07, 6.45) is 0. The van der Waals surface area contributed by atoms with Crippen molar-refractivity contribution >= 4 is 11.7 Å². The number of anilines is 1. The maximum atomic E-state index is 10.9. The highest BCUT2D eigenvalue weighted by molar-refractivity contribution is 5.77. The zero-order chi connectivity index (χ0) is 13.0. The summed E-state index contributed by atoms with van der Waals surface area (Å²) in [7, 11) is 1.77. The van der Waals surface area contributed by atoms with E-state index < -0.39 is 12.0 Å². The molecule has 0 aliphatic heterocycles. The van der Waals surface area contributed by atoms with Crippen molar-refractivity contribution in [1.29, 1.82) is 0 Å². The van der Waals surface area contributed by atoms with Gasteiger partial charge in [0.1, 0.15) is 11.8 Å². The van der Waals surface area contributed by atoms with Crippen LogP contribution in [0.3, 0.4) is 0 Å². The van der Waals surface area contributed by atoms with Gasteiger partial charge in [0.15, 0.2) is 0 Å². The third kappa shape index (κ3) is 3.12. The minimum atomic E-state index is -0.834. The van der Waals surface area contributed by atoms with Crippen molar-refractivity contribution in [2.75, 3.05) is 18.6 Å². The summed E-state index contributed by atoms with van der Waals surface area (Å²) in [5, 5.41) is 8.96. The van der Waals surface area contributed by atoms with E-state index in [1.165, 1.54) is 0 Å². The van der Waals surface area contributed by atoms with Gasteiger partial charge in [0.05, 0.1) is 6.61 Å². The molecule has 0 amide bonds. The molecular formula is C13H19NO3. The van der Waals surface area contributed by atoms with Crippen LogP contribution in [0.4, 0.5) is 5.69 Å². The molecule has 1 atom stereocenters. The first kappa shape index (κ1) is 13.4. The van der Waals surface area contributed by atoms with E-state index in [9.17, 15) is 4.79 Å². The van der Waals surface area contributed by atoms with Gasteiger partial charge in [-0.25, -0.2) is 4.79 Å². The number of nitrogens with zero attached hydrogens (tertiary/aromatic N) is 1. The number of rotatable bonds is 5. The molecule has 0 aliphatic carbocycles. The van der Waals surface area contributed by atoms with Crippen LogP contribution < -0.4 is 9.64 Å². The van der Waals surface area contributed by atoms with Crippen LogP contribution in [0.15, 0.2) is 18.2 Å². The van der Waals surface area contributed by atoms with Crippen LogP contribution in [0.2, 0.25) is 0 Å². The Balaban J connectivity index is 2.93. The van der Waals surface area contributed by atoms with Gasteiger partial charge in [0, 0.05) is 12.7 Å². The van der Waals surface area contributed by atoms with Gasteiger partial charge < -0.3 is 14.7 Å². The Kier molecular flexibility index (Phi) is 4.37. The van der Waals surface area contributed by atoms with E-state index in [-0.39, 0.29) is 0 Å². The highest BCUT2D eigenvalue weighted by Gasteiger charge is 2.17. The summed E-state index contributed by atoms with van der Waals surface area (Å²) < 4.78 is 5.44. The molecule has 0 heterocycles. The first-order valence-corrected chi connectivity index (χ1v) is 5.66. The molecule has 4 nitrogen and oxygen atoms in total. The number of hydrogen-bond donors (Lipinski definition) is 1. The fourth-order valence-corrected chi connectivity index (χ4v) is 1.56. The Bertz CT molecular complexity index is 404. The first-order valence-electron chi connectivity index (χ1n) is 5.66. The summed E-state index contributed by atoms with van der Waals surface area (Å²) in [4.78, 5) is 12.6. The predicted octanol–water partition coefficient (Wildman–Crippen LogP) is 2.30. The van der Waals surface area contributed by atoms with Crippen LogP contribution in [0, 0.1) is 6.92 Å². The van der Waals surface area contributed by atoms with Gasteiger partial charge in [0.2, 0.25) is 0 Å². The zero-order valence-corrected chi connectivity index (χ0v) is 10.7. The van der Waals surface area contributed by atoms with Gasteiger partial charge >= 0.3 is 5.97 Å². The second-order valence-electron chi connectivity index (χ2n) is 4.01. The molecule has 4 heteroatoms. The van der Waals surface area contributed by atoms with E-state index in [1.807, 2.05) is 32.0 Å². The summed E-state index contributed by atoms with van der Waals surface area (Å²) in [5.74, 6) is 0.00617. The van der Waals surface area contributed by atoms with Crippen LogP contribution in [-0.2, 0) is 4.79 Å². The topological polar surface area (TPSA) is 49.8 Å². The number of benzene rings is 1. The van der Waals surface area contributed by atoms with E-state index in [0.717, 1.165) is 17.0 Å². The fraction of sp³-hybridized carbons (Fsp3) is 0.462. The van der Waals surface area contributed by atoms with E-state index in [1.54, 1.807) is 18.9 Å². The fourth-order valence-electron chi connectivity index (χ4n) is 1.56. The SMILES string of the molecule is CCOc1ccc(N(C)C(C)C(=O)O)cc1C. The molecule has 0 aliphatic rings. The Hall–Kier alpha value is -1.71. The molecule has 0 saturated carbocycles. The van der Waals surface area contributed by atoms with Crippen LogP contribution in [0.1, 0.15) is 19.4 Å². The average Bonchev–Trinajstić information content (AvgIpc) is 2.30. The van der Waals surface area contributed by atoms with Crippen molar-refractivity contribution in [1.82, 2.24) is 0 Å². The molecule has 1 aromatic rings. The Labute approximate surface area is 102 Å². The molecule has 0 radical (unpaired) electrons. The summed E-state index contributed by atoms with van der Waals surface area (Å²) in [6, 6.07) is 5.13. The maximum Gasteiger partial charge on any atom is 0.326 e. The Morgan fingerprint density at radius 2 is 2.18 bits per heavy atom. The molecule has 0 spiro atoms. The number of aliphatic carboxylic acids is 1. The number of aryl methyl sites for hydroxylation is 1. The number of hydrogen-bond acceptors (Lipinski definition) is 3. The normalized spacial score (nSPS) is 12.0. The van der Waals surface area contributed by atoms with Gasteiger partial charge in [-0.3, -0.25) is 0 Å². The summed E-state index contributed by atoms with van der Waals surface area (Å²) in [6.45, 7) is 6.18. The van der Waals surface area contributed by atoms with E-state index in [0.29, 0.717) is 6.61 Å². The molecular weight excluding hydrogens is 218 g/mol. The largest absolute Gasteiger partial charge is 0.494 e. The molecule has 1 rings (SSSR count). The van der Waals surface area contributed by atoms with E-state index in [4.69, 9.17) is 9.84 Å². The molecule has 1 N–H and O–H groups in total. The lowest BCUT2D eigenvalue weighted by Crippen LogP contribution is -2.35. The third-order valence-corrected chi connectivity index (χ3v) is 2.80. The summed E-state index contributed by atoms with van der Waals surface area (Å²) >= 11 is 0. The van der Waals surface area contributed by atoms with Gasteiger partial charge in [-0.05, 0) is 44.5 Å². The number of carboxylic acid groups (broad SMARTS) is 1. The smallest absolute Gasteiger partial charge is 0.326 e. The maximum absolute atomic E-state index is 10.9. The second-order valence-corrected chi connectivity index (χ2v) is 4.01. The molecule has 17 heavy (non-hydrogen) atoms. The average molecular weight is 237 g/mol. The lowest BCUT2D eigenvalue weighted by atomic mass is 10.1. The molecule has 0 aromatic heterocycles. The highest BCUT2D eigenvalue weighted by atomic mass is 16.5. The molecule has 0 fully saturated rings. The molecule has 94 valence electrons. The lowest BCUT2D eigenvalue weighted by Gasteiger charge is -2.24. The van der Waals surface area contributed by atoms with Crippen molar-refractivity contribution in [3.63, 3.8) is 0 Å². The van der Waals surface area contributed by atoms with Gasteiger partial charge in [-0.1, -0.05) is 0 Å².